The van der Waals surface area contributed by atoms with Crippen LogP contribution < -0.4 is 0 Å². The Labute approximate surface area is 146 Å². The molecule has 0 nitrogen and oxygen atoms in total. The lowest BCUT2D eigenvalue weighted by molar-refractivity contribution is 0.725. The average molecular weight is 314 g/mol. The first-order chi connectivity index (χ1) is 11.8. The summed E-state index contributed by atoms with van der Waals surface area (Å²) in [7, 11) is 0. The Hall–Kier alpha value is -2.34. The first kappa shape index (κ1) is 16.5. The summed E-state index contributed by atoms with van der Waals surface area (Å²) in [6.45, 7) is 8.68. The third-order valence-electron chi connectivity index (χ3n) is 5.07. The van der Waals surface area contributed by atoms with E-state index in [1.54, 1.807) is 5.57 Å². The number of hydrogen-bond donors (Lipinski definition) is 0. The van der Waals surface area contributed by atoms with Crippen molar-refractivity contribution < 1.29 is 0 Å². The van der Waals surface area contributed by atoms with Crippen LogP contribution in [0.3, 0.4) is 0 Å². The molecule has 2 aromatic rings. The van der Waals surface area contributed by atoms with Crippen molar-refractivity contribution in [3.63, 3.8) is 0 Å². The molecule has 0 aromatic heterocycles. The van der Waals surface area contributed by atoms with Gasteiger partial charge in [-0.2, -0.15) is 0 Å². The molecule has 0 heteroatoms. The Morgan fingerprint density at radius 1 is 0.875 bits per heavy atom. The van der Waals surface area contributed by atoms with Crippen LogP contribution in [-0.2, 0) is 0 Å². The van der Waals surface area contributed by atoms with Crippen molar-refractivity contribution in [3.05, 3.63) is 95.6 Å². The summed E-state index contributed by atoms with van der Waals surface area (Å²) in [4.78, 5) is 0. The average Bonchev–Trinajstić information content (AvgIpc) is 2.67. The summed E-state index contributed by atoms with van der Waals surface area (Å²) in [5.41, 5.74) is 8.65. The minimum atomic E-state index is 0.451. The monoisotopic (exact) mass is 314 g/mol. The van der Waals surface area contributed by atoms with Gasteiger partial charge < -0.3 is 0 Å². The molecule has 0 saturated carbocycles. The lowest BCUT2D eigenvalue weighted by Gasteiger charge is -2.31. The van der Waals surface area contributed by atoms with Gasteiger partial charge in [0.1, 0.15) is 0 Å². The van der Waals surface area contributed by atoms with E-state index in [1.165, 1.54) is 27.8 Å². The molecule has 0 aliphatic heterocycles. The Kier molecular flexibility index (Phi) is 5.15. The van der Waals surface area contributed by atoms with E-state index in [-0.39, 0.29) is 0 Å². The molecule has 24 heavy (non-hydrogen) atoms. The van der Waals surface area contributed by atoms with Gasteiger partial charge in [0.25, 0.3) is 0 Å². The standard InChI is InChI=1S/C24H26/c1-4-18-17-23(19-13-9-7-10-14-19)24(20-15-11-8-12-16-20)22(6-3)21(18)5-2/h4,7-16,18H,1,5-6,17H2,2-3H3. The van der Waals surface area contributed by atoms with Gasteiger partial charge in [0, 0.05) is 5.92 Å². The van der Waals surface area contributed by atoms with Crippen molar-refractivity contribution in [2.75, 3.05) is 0 Å². The van der Waals surface area contributed by atoms with Gasteiger partial charge >= 0.3 is 0 Å². The van der Waals surface area contributed by atoms with Gasteiger partial charge in [0.15, 0.2) is 0 Å². The van der Waals surface area contributed by atoms with Gasteiger partial charge in [-0.05, 0) is 47.1 Å². The van der Waals surface area contributed by atoms with Crippen molar-refractivity contribution in [2.24, 2.45) is 5.92 Å². The van der Waals surface area contributed by atoms with Gasteiger partial charge in [0.05, 0.1) is 0 Å². The van der Waals surface area contributed by atoms with Gasteiger partial charge in [-0.3, -0.25) is 0 Å². The van der Waals surface area contributed by atoms with Gasteiger partial charge in [-0.1, -0.05) is 86.2 Å². The van der Waals surface area contributed by atoms with E-state index < -0.39 is 0 Å². The summed E-state index contributed by atoms with van der Waals surface area (Å²) in [5.74, 6) is 0.451. The maximum atomic E-state index is 4.12. The fraction of sp³-hybridized carbons (Fsp3) is 0.250. The van der Waals surface area contributed by atoms with Crippen LogP contribution in [0.1, 0.15) is 44.2 Å². The maximum absolute atomic E-state index is 4.12. The number of benzene rings is 2. The highest BCUT2D eigenvalue weighted by molar-refractivity contribution is 6.00. The van der Waals surface area contributed by atoms with Crippen LogP contribution in [0.25, 0.3) is 11.1 Å². The van der Waals surface area contributed by atoms with E-state index in [2.05, 4.69) is 87.2 Å². The smallest absolute Gasteiger partial charge is 0.00208 e. The zero-order chi connectivity index (χ0) is 16.9. The third-order valence-corrected chi connectivity index (χ3v) is 5.07. The molecular formula is C24H26. The molecule has 0 amide bonds. The van der Waals surface area contributed by atoms with Crippen molar-refractivity contribution in [3.8, 4) is 0 Å². The minimum absolute atomic E-state index is 0.451. The predicted octanol–water partition coefficient (Wildman–Crippen LogP) is 6.92. The van der Waals surface area contributed by atoms with E-state index in [9.17, 15) is 0 Å². The second kappa shape index (κ2) is 7.49. The van der Waals surface area contributed by atoms with Crippen LogP contribution >= 0.6 is 0 Å². The van der Waals surface area contributed by atoms with Gasteiger partial charge in [-0.25, -0.2) is 0 Å². The molecule has 1 aliphatic carbocycles. The SMILES string of the molecule is C=CC1CC(c2ccccc2)=C(c2ccccc2)C(CC)=C1CC. The van der Waals surface area contributed by atoms with E-state index in [0.717, 1.165) is 19.3 Å². The molecule has 0 fully saturated rings. The van der Waals surface area contributed by atoms with E-state index in [0.29, 0.717) is 5.92 Å². The largest absolute Gasteiger partial charge is 0.102 e. The molecule has 0 N–H and O–H groups in total. The van der Waals surface area contributed by atoms with Gasteiger partial charge in [0.2, 0.25) is 0 Å². The third kappa shape index (κ3) is 3.01. The van der Waals surface area contributed by atoms with E-state index in [4.69, 9.17) is 0 Å². The number of hydrogen-bond acceptors (Lipinski definition) is 0. The predicted molar refractivity (Wildman–Crippen MR) is 106 cm³/mol. The van der Waals surface area contributed by atoms with Crippen molar-refractivity contribution >= 4 is 11.1 Å². The molecule has 1 aliphatic rings. The Balaban J connectivity index is 2.30. The second-order valence-corrected chi connectivity index (χ2v) is 6.34. The van der Waals surface area contributed by atoms with Crippen LogP contribution in [-0.4, -0.2) is 0 Å². The van der Waals surface area contributed by atoms with E-state index >= 15 is 0 Å². The fourth-order valence-electron chi connectivity index (χ4n) is 3.97. The lowest BCUT2D eigenvalue weighted by Crippen LogP contribution is -2.13. The summed E-state index contributed by atoms with van der Waals surface area (Å²) in [6.07, 6.45) is 5.34. The number of rotatable bonds is 5. The van der Waals surface area contributed by atoms with Crippen LogP contribution in [0, 0.1) is 5.92 Å². The van der Waals surface area contributed by atoms with Crippen LogP contribution in [0.15, 0.2) is 84.5 Å². The van der Waals surface area contributed by atoms with Gasteiger partial charge in [-0.15, -0.1) is 6.58 Å². The zero-order valence-electron chi connectivity index (χ0n) is 14.8. The molecule has 122 valence electrons. The molecule has 0 bridgehead atoms. The fourth-order valence-corrected chi connectivity index (χ4v) is 3.97. The van der Waals surface area contributed by atoms with Crippen LogP contribution in [0.2, 0.25) is 0 Å². The molecular weight excluding hydrogens is 288 g/mol. The Bertz CT molecular complexity index is 760. The normalized spacial score (nSPS) is 18.0. The summed E-state index contributed by atoms with van der Waals surface area (Å²) in [6, 6.07) is 21.7. The molecule has 0 heterocycles. The lowest BCUT2D eigenvalue weighted by atomic mass is 9.73. The highest BCUT2D eigenvalue weighted by Crippen LogP contribution is 2.46. The van der Waals surface area contributed by atoms with Crippen molar-refractivity contribution in [1.29, 1.82) is 0 Å². The number of allylic oxidation sites excluding steroid dienone is 5. The van der Waals surface area contributed by atoms with E-state index in [1.807, 2.05) is 0 Å². The molecule has 0 spiro atoms. The van der Waals surface area contributed by atoms with Crippen LogP contribution in [0.4, 0.5) is 0 Å². The maximum Gasteiger partial charge on any atom is 0.00208 e. The Morgan fingerprint density at radius 3 is 1.96 bits per heavy atom. The highest BCUT2D eigenvalue weighted by Gasteiger charge is 2.27. The second-order valence-electron chi connectivity index (χ2n) is 6.34. The van der Waals surface area contributed by atoms with Crippen molar-refractivity contribution in [2.45, 2.75) is 33.1 Å². The topological polar surface area (TPSA) is 0 Å². The minimum Gasteiger partial charge on any atom is -0.102 e. The molecule has 1 unspecified atom stereocenters. The molecule has 3 rings (SSSR count). The van der Waals surface area contributed by atoms with Crippen LogP contribution in [0.5, 0.6) is 0 Å². The summed E-state index contributed by atoms with van der Waals surface area (Å²) >= 11 is 0. The molecule has 2 aromatic carbocycles. The molecule has 0 saturated heterocycles. The first-order valence-corrected chi connectivity index (χ1v) is 8.98. The Morgan fingerprint density at radius 2 is 1.46 bits per heavy atom. The first-order valence-electron chi connectivity index (χ1n) is 8.98. The highest BCUT2D eigenvalue weighted by atomic mass is 14.3. The zero-order valence-corrected chi connectivity index (χ0v) is 14.8. The van der Waals surface area contributed by atoms with Crippen molar-refractivity contribution in [1.82, 2.24) is 0 Å². The summed E-state index contributed by atoms with van der Waals surface area (Å²) < 4.78 is 0. The quantitative estimate of drug-likeness (QED) is 0.525. The molecule has 1 atom stereocenters. The summed E-state index contributed by atoms with van der Waals surface area (Å²) in [5, 5.41) is 0. The molecule has 0 radical (unpaired) electrons.